The minimum absolute atomic E-state index is 0.394. The Balaban J connectivity index is 1.93. The number of aromatic nitrogens is 2. The summed E-state index contributed by atoms with van der Waals surface area (Å²) >= 11 is 0. The molecule has 0 aliphatic rings. The van der Waals surface area contributed by atoms with E-state index in [0.717, 1.165) is 28.4 Å². The molecule has 0 bridgehead atoms. The van der Waals surface area contributed by atoms with Crippen molar-refractivity contribution in [2.45, 2.75) is 19.8 Å². The third kappa shape index (κ3) is 2.45. The molecule has 96 valence electrons. The van der Waals surface area contributed by atoms with Crippen molar-refractivity contribution in [1.29, 1.82) is 0 Å². The lowest BCUT2D eigenvalue weighted by atomic mass is 10.2. The van der Waals surface area contributed by atoms with Crippen LogP contribution in [-0.4, -0.2) is 9.97 Å². The topological polar surface area (TPSA) is 37.9 Å². The number of aromatic amines is 1. The van der Waals surface area contributed by atoms with Gasteiger partial charge in [-0.2, -0.15) is 0 Å². The highest BCUT2D eigenvalue weighted by Crippen LogP contribution is 2.25. The second kappa shape index (κ2) is 4.76. The van der Waals surface area contributed by atoms with Crippen LogP contribution in [0, 0.1) is 0 Å². The van der Waals surface area contributed by atoms with E-state index in [-0.39, 0.29) is 0 Å². The van der Waals surface area contributed by atoms with Crippen LogP contribution in [0.15, 0.2) is 48.5 Å². The fourth-order valence-electron chi connectivity index (χ4n) is 1.97. The zero-order chi connectivity index (χ0) is 13.2. The van der Waals surface area contributed by atoms with Crippen molar-refractivity contribution in [1.82, 2.24) is 9.97 Å². The smallest absolute Gasteiger partial charge is 0.129 e. The second-order valence-corrected chi connectivity index (χ2v) is 4.87. The Morgan fingerprint density at radius 3 is 2.53 bits per heavy atom. The van der Waals surface area contributed by atoms with Gasteiger partial charge in [0.05, 0.1) is 11.0 Å². The molecule has 0 aliphatic carbocycles. The van der Waals surface area contributed by atoms with E-state index in [1.165, 1.54) is 0 Å². The molecule has 0 atom stereocenters. The van der Waals surface area contributed by atoms with E-state index >= 15 is 0 Å². The summed E-state index contributed by atoms with van der Waals surface area (Å²) in [6.07, 6.45) is 0. The zero-order valence-electron chi connectivity index (χ0n) is 11.1. The average Bonchev–Trinajstić information content (AvgIpc) is 2.83. The van der Waals surface area contributed by atoms with E-state index in [4.69, 9.17) is 4.74 Å². The molecule has 0 spiro atoms. The van der Waals surface area contributed by atoms with Gasteiger partial charge in [0, 0.05) is 12.0 Å². The predicted octanol–water partition coefficient (Wildman–Crippen LogP) is 4.48. The maximum absolute atomic E-state index is 5.81. The molecule has 0 radical (unpaired) electrons. The Kier molecular flexibility index (Phi) is 2.95. The Bertz CT molecular complexity index is 686. The Hall–Kier alpha value is -2.29. The van der Waals surface area contributed by atoms with Gasteiger partial charge in [-0.3, -0.25) is 0 Å². The van der Waals surface area contributed by atoms with Crippen molar-refractivity contribution in [3.63, 3.8) is 0 Å². The van der Waals surface area contributed by atoms with Gasteiger partial charge in [0.15, 0.2) is 0 Å². The first-order valence-corrected chi connectivity index (χ1v) is 6.45. The normalized spacial score (nSPS) is 11.1. The van der Waals surface area contributed by atoms with Crippen LogP contribution in [0.2, 0.25) is 0 Å². The monoisotopic (exact) mass is 252 g/mol. The molecule has 1 aromatic heterocycles. The molecule has 3 rings (SSSR count). The van der Waals surface area contributed by atoms with E-state index < -0.39 is 0 Å². The lowest BCUT2D eigenvalue weighted by Gasteiger charge is -2.04. The molecular formula is C16H16N2O. The highest BCUT2D eigenvalue weighted by molar-refractivity contribution is 5.77. The maximum Gasteiger partial charge on any atom is 0.129 e. The van der Waals surface area contributed by atoms with Crippen LogP contribution in [0.25, 0.3) is 11.0 Å². The van der Waals surface area contributed by atoms with Crippen molar-refractivity contribution in [2.24, 2.45) is 0 Å². The van der Waals surface area contributed by atoms with Crippen molar-refractivity contribution in [3.8, 4) is 11.5 Å². The molecule has 0 saturated carbocycles. The fraction of sp³-hybridized carbons (Fsp3) is 0.188. The van der Waals surface area contributed by atoms with Crippen LogP contribution in [0.4, 0.5) is 0 Å². The fourth-order valence-corrected chi connectivity index (χ4v) is 1.97. The first-order valence-electron chi connectivity index (χ1n) is 6.45. The van der Waals surface area contributed by atoms with Gasteiger partial charge in [0.2, 0.25) is 0 Å². The van der Waals surface area contributed by atoms with Gasteiger partial charge in [-0.25, -0.2) is 4.98 Å². The van der Waals surface area contributed by atoms with E-state index in [9.17, 15) is 0 Å². The molecule has 0 fully saturated rings. The Morgan fingerprint density at radius 1 is 1.00 bits per heavy atom. The molecule has 0 amide bonds. The second-order valence-electron chi connectivity index (χ2n) is 4.87. The third-order valence-corrected chi connectivity index (χ3v) is 3.00. The molecule has 1 heterocycles. The predicted molar refractivity (Wildman–Crippen MR) is 76.7 cm³/mol. The number of nitrogens with zero attached hydrogens (tertiary/aromatic N) is 1. The summed E-state index contributed by atoms with van der Waals surface area (Å²) in [7, 11) is 0. The maximum atomic E-state index is 5.81. The molecule has 0 saturated heterocycles. The molecule has 19 heavy (non-hydrogen) atoms. The molecule has 3 heteroatoms. The number of rotatable bonds is 3. The number of hydrogen-bond acceptors (Lipinski definition) is 2. The SMILES string of the molecule is CC(C)c1nc2ccc(Oc3ccccc3)cc2[nH]1. The lowest BCUT2D eigenvalue weighted by Crippen LogP contribution is -1.88. The highest BCUT2D eigenvalue weighted by Gasteiger charge is 2.07. The zero-order valence-corrected chi connectivity index (χ0v) is 11.1. The minimum atomic E-state index is 0.394. The van der Waals surface area contributed by atoms with Gasteiger partial charge < -0.3 is 9.72 Å². The summed E-state index contributed by atoms with van der Waals surface area (Å²) in [6, 6.07) is 15.7. The number of imidazole rings is 1. The first kappa shape index (κ1) is 11.8. The van der Waals surface area contributed by atoms with Gasteiger partial charge in [-0.1, -0.05) is 32.0 Å². The highest BCUT2D eigenvalue weighted by atomic mass is 16.5. The lowest BCUT2D eigenvalue weighted by molar-refractivity contribution is 0.483. The summed E-state index contributed by atoms with van der Waals surface area (Å²) < 4.78 is 5.81. The van der Waals surface area contributed by atoms with Crippen LogP contribution in [0.3, 0.4) is 0 Å². The van der Waals surface area contributed by atoms with Gasteiger partial charge >= 0.3 is 0 Å². The number of para-hydroxylation sites is 1. The van der Waals surface area contributed by atoms with Crippen LogP contribution in [0.5, 0.6) is 11.5 Å². The summed E-state index contributed by atoms with van der Waals surface area (Å²) in [5.74, 6) is 3.06. The molecule has 0 aliphatic heterocycles. The van der Waals surface area contributed by atoms with E-state index in [1.807, 2.05) is 48.5 Å². The average molecular weight is 252 g/mol. The molecule has 0 unspecified atom stereocenters. The Labute approximate surface area is 112 Å². The number of hydrogen-bond donors (Lipinski definition) is 1. The van der Waals surface area contributed by atoms with Gasteiger partial charge in [-0.15, -0.1) is 0 Å². The number of ether oxygens (including phenoxy) is 1. The van der Waals surface area contributed by atoms with E-state index in [1.54, 1.807) is 0 Å². The van der Waals surface area contributed by atoms with Crippen molar-refractivity contribution in [3.05, 3.63) is 54.4 Å². The number of benzene rings is 2. The summed E-state index contributed by atoms with van der Waals surface area (Å²) in [4.78, 5) is 7.88. The van der Waals surface area contributed by atoms with E-state index in [2.05, 4.69) is 23.8 Å². The largest absolute Gasteiger partial charge is 0.457 e. The van der Waals surface area contributed by atoms with Crippen LogP contribution in [0.1, 0.15) is 25.6 Å². The quantitative estimate of drug-likeness (QED) is 0.746. The number of nitrogens with one attached hydrogen (secondary N) is 1. The standard InChI is InChI=1S/C16H16N2O/c1-11(2)16-17-14-9-8-13(10-15(14)18-16)19-12-6-4-3-5-7-12/h3-11H,1-2H3,(H,17,18). The number of H-pyrrole nitrogens is 1. The van der Waals surface area contributed by atoms with Crippen molar-refractivity contribution in [2.75, 3.05) is 0 Å². The molecule has 3 aromatic rings. The molecule has 3 nitrogen and oxygen atoms in total. The van der Waals surface area contributed by atoms with Gasteiger partial charge in [0.25, 0.3) is 0 Å². The summed E-state index contributed by atoms with van der Waals surface area (Å²) in [5, 5.41) is 0. The van der Waals surface area contributed by atoms with Crippen LogP contribution >= 0.6 is 0 Å². The molecule has 1 N–H and O–H groups in total. The van der Waals surface area contributed by atoms with Crippen LogP contribution < -0.4 is 4.74 Å². The first-order chi connectivity index (χ1) is 9.22. The third-order valence-electron chi connectivity index (χ3n) is 3.00. The Morgan fingerprint density at radius 2 is 1.79 bits per heavy atom. The van der Waals surface area contributed by atoms with E-state index in [0.29, 0.717) is 5.92 Å². The van der Waals surface area contributed by atoms with Crippen molar-refractivity contribution >= 4 is 11.0 Å². The molecular weight excluding hydrogens is 236 g/mol. The number of fused-ring (bicyclic) bond motifs is 1. The summed E-state index contributed by atoms with van der Waals surface area (Å²) in [5.41, 5.74) is 1.99. The van der Waals surface area contributed by atoms with Crippen LogP contribution in [-0.2, 0) is 0 Å². The minimum Gasteiger partial charge on any atom is -0.457 e. The summed E-state index contributed by atoms with van der Waals surface area (Å²) in [6.45, 7) is 4.25. The van der Waals surface area contributed by atoms with Crippen molar-refractivity contribution < 1.29 is 4.74 Å². The van der Waals surface area contributed by atoms with Gasteiger partial charge in [0.1, 0.15) is 17.3 Å². The molecule has 2 aromatic carbocycles. The van der Waals surface area contributed by atoms with Gasteiger partial charge in [-0.05, 0) is 24.3 Å².